The van der Waals surface area contributed by atoms with Gasteiger partial charge in [0, 0.05) is 24.4 Å². The predicted molar refractivity (Wildman–Crippen MR) is 73.7 cm³/mol. The number of nitro benzene ring substituents is 1. The minimum absolute atomic E-state index is 0.0236. The zero-order valence-corrected chi connectivity index (χ0v) is 10.8. The number of non-ortho nitro benzene ring substituents is 1. The Hall–Kier alpha value is -2.63. The lowest BCUT2D eigenvalue weighted by molar-refractivity contribution is -0.384. The number of hydrogen-bond donors (Lipinski definition) is 1. The molecule has 20 heavy (non-hydrogen) atoms. The van der Waals surface area contributed by atoms with Crippen LogP contribution < -0.4 is 10.1 Å². The Morgan fingerprint density at radius 2 is 2.05 bits per heavy atom. The summed E-state index contributed by atoms with van der Waals surface area (Å²) in [6, 6.07) is 10.1. The van der Waals surface area contributed by atoms with Crippen LogP contribution in [0.5, 0.6) is 11.5 Å². The van der Waals surface area contributed by atoms with Crippen molar-refractivity contribution in [3.63, 3.8) is 0 Å². The summed E-state index contributed by atoms with van der Waals surface area (Å²) in [6.07, 6.45) is 0. The Morgan fingerprint density at radius 1 is 1.30 bits per heavy atom. The Morgan fingerprint density at radius 3 is 2.70 bits per heavy atom. The van der Waals surface area contributed by atoms with Gasteiger partial charge in [-0.1, -0.05) is 12.1 Å². The summed E-state index contributed by atoms with van der Waals surface area (Å²) in [5.41, 5.74) is 0.433. The van der Waals surface area contributed by atoms with Gasteiger partial charge in [0.05, 0.1) is 11.0 Å². The van der Waals surface area contributed by atoms with Gasteiger partial charge in [-0.25, -0.2) is 4.39 Å². The molecule has 0 radical (unpaired) electrons. The molecular formula is C14H13FN2O3. The van der Waals surface area contributed by atoms with E-state index < -0.39 is 10.7 Å². The van der Waals surface area contributed by atoms with Crippen LogP contribution in [0.1, 0.15) is 6.92 Å². The average Bonchev–Trinajstić information content (AvgIpc) is 2.41. The summed E-state index contributed by atoms with van der Waals surface area (Å²) >= 11 is 0. The van der Waals surface area contributed by atoms with Crippen LogP contribution in [-0.2, 0) is 0 Å². The highest BCUT2D eigenvalue weighted by Gasteiger charge is 2.12. The van der Waals surface area contributed by atoms with Crippen LogP contribution in [0.3, 0.4) is 0 Å². The van der Waals surface area contributed by atoms with Crippen molar-refractivity contribution in [2.45, 2.75) is 6.92 Å². The fourth-order valence-electron chi connectivity index (χ4n) is 1.71. The molecule has 0 saturated heterocycles. The second kappa shape index (κ2) is 6.01. The summed E-state index contributed by atoms with van der Waals surface area (Å²) in [7, 11) is 0. The standard InChI is InChI=1S/C14H13FN2O3/c1-2-16-10-7-11(17(18)19)9-12(8-10)20-14-6-4-3-5-13(14)15/h3-9,16H,2H2,1H3. The number of nitrogens with one attached hydrogen (secondary N) is 1. The molecule has 0 aliphatic carbocycles. The average molecular weight is 276 g/mol. The van der Waals surface area contributed by atoms with Crippen LogP contribution in [0.2, 0.25) is 0 Å². The van der Waals surface area contributed by atoms with E-state index in [0.29, 0.717) is 12.2 Å². The lowest BCUT2D eigenvalue weighted by atomic mass is 10.2. The topological polar surface area (TPSA) is 64.4 Å². The van der Waals surface area contributed by atoms with Crippen LogP contribution in [0.4, 0.5) is 15.8 Å². The molecule has 2 aromatic rings. The minimum Gasteiger partial charge on any atom is -0.454 e. The van der Waals surface area contributed by atoms with E-state index in [4.69, 9.17) is 4.74 Å². The first-order valence-corrected chi connectivity index (χ1v) is 6.06. The van der Waals surface area contributed by atoms with Gasteiger partial charge in [0.15, 0.2) is 11.6 Å². The number of benzene rings is 2. The van der Waals surface area contributed by atoms with Gasteiger partial charge >= 0.3 is 0 Å². The van der Waals surface area contributed by atoms with Gasteiger partial charge in [0.25, 0.3) is 5.69 Å². The van der Waals surface area contributed by atoms with E-state index in [1.54, 1.807) is 18.2 Å². The van der Waals surface area contributed by atoms with Crippen LogP contribution in [0, 0.1) is 15.9 Å². The summed E-state index contributed by atoms with van der Waals surface area (Å²) in [6.45, 7) is 2.48. The molecule has 0 fully saturated rings. The third-order valence-corrected chi connectivity index (χ3v) is 2.55. The molecule has 0 aliphatic heterocycles. The maximum absolute atomic E-state index is 13.5. The van der Waals surface area contributed by atoms with Crippen molar-refractivity contribution >= 4 is 11.4 Å². The fourth-order valence-corrected chi connectivity index (χ4v) is 1.71. The third kappa shape index (κ3) is 3.23. The molecule has 1 N–H and O–H groups in total. The summed E-state index contributed by atoms with van der Waals surface area (Å²) in [5.74, 6) is -0.292. The van der Waals surface area contributed by atoms with Gasteiger partial charge in [-0.05, 0) is 19.1 Å². The molecule has 0 atom stereocenters. The molecule has 0 spiro atoms. The zero-order valence-electron chi connectivity index (χ0n) is 10.8. The van der Waals surface area contributed by atoms with Crippen molar-refractivity contribution in [3.8, 4) is 11.5 Å². The lowest BCUT2D eigenvalue weighted by Gasteiger charge is -2.09. The molecule has 5 nitrogen and oxygen atoms in total. The van der Waals surface area contributed by atoms with Gasteiger partial charge in [-0.2, -0.15) is 0 Å². The highest BCUT2D eigenvalue weighted by atomic mass is 19.1. The van der Waals surface area contributed by atoms with Crippen LogP contribution in [-0.4, -0.2) is 11.5 Å². The molecule has 2 aromatic carbocycles. The lowest BCUT2D eigenvalue weighted by Crippen LogP contribution is -1.99. The molecule has 0 aliphatic rings. The Kier molecular flexibility index (Phi) is 4.14. The quantitative estimate of drug-likeness (QED) is 0.663. The largest absolute Gasteiger partial charge is 0.454 e. The zero-order chi connectivity index (χ0) is 14.5. The predicted octanol–water partition coefficient (Wildman–Crippen LogP) is 3.96. The van der Waals surface area contributed by atoms with Gasteiger partial charge in [-0.3, -0.25) is 10.1 Å². The van der Waals surface area contributed by atoms with E-state index in [2.05, 4.69) is 5.32 Å². The van der Waals surface area contributed by atoms with Gasteiger partial charge in [-0.15, -0.1) is 0 Å². The van der Waals surface area contributed by atoms with E-state index in [0.717, 1.165) is 0 Å². The van der Waals surface area contributed by atoms with E-state index in [1.807, 2.05) is 6.92 Å². The number of hydrogen-bond acceptors (Lipinski definition) is 4. The molecule has 6 heteroatoms. The number of para-hydroxylation sites is 1. The van der Waals surface area contributed by atoms with E-state index >= 15 is 0 Å². The smallest absolute Gasteiger partial charge is 0.275 e. The molecule has 0 heterocycles. The SMILES string of the molecule is CCNc1cc(Oc2ccccc2F)cc([N+](=O)[O-])c1. The third-order valence-electron chi connectivity index (χ3n) is 2.55. The van der Waals surface area contributed by atoms with Crippen molar-refractivity contribution < 1.29 is 14.1 Å². The Labute approximate surface area is 115 Å². The number of nitrogens with zero attached hydrogens (tertiary/aromatic N) is 1. The van der Waals surface area contributed by atoms with Gasteiger partial charge < -0.3 is 10.1 Å². The second-order valence-corrected chi connectivity index (χ2v) is 4.04. The number of ether oxygens (including phenoxy) is 1. The first-order valence-electron chi connectivity index (χ1n) is 6.06. The summed E-state index contributed by atoms with van der Waals surface area (Å²) in [4.78, 5) is 10.4. The molecular weight excluding hydrogens is 263 g/mol. The number of nitro groups is 1. The molecule has 104 valence electrons. The van der Waals surface area contributed by atoms with E-state index in [9.17, 15) is 14.5 Å². The molecule has 0 saturated carbocycles. The first kappa shape index (κ1) is 13.8. The maximum Gasteiger partial charge on any atom is 0.275 e. The Balaban J connectivity index is 2.35. The Bertz CT molecular complexity index is 632. The highest BCUT2D eigenvalue weighted by molar-refractivity contribution is 5.57. The maximum atomic E-state index is 13.5. The van der Waals surface area contributed by atoms with Gasteiger partial charge in [0.2, 0.25) is 0 Å². The fraction of sp³-hybridized carbons (Fsp3) is 0.143. The van der Waals surface area contributed by atoms with Crippen molar-refractivity contribution in [2.75, 3.05) is 11.9 Å². The van der Waals surface area contributed by atoms with Crippen molar-refractivity contribution in [1.29, 1.82) is 0 Å². The number of halogens is 1. The monoisotopic (exact) mass is 276 g/mol. The van der Waals surface area contributed by atoms with Crippen LogP contribution in [0.25, 0.3) is 0 Å². The van der Waals surface area contributed by atoms with Gasteiger partial charge in [0.1, 0.15) is 5.75 Å². The van der Waals surface area contributed by atoms with E-state index in [-0.39, 0.29) is 17.2 Å². The van der Waals surface area contributed by atoms with Crippen LogP contribution in [0.15, 0.2) is 42.5 Å². The number of rotatable bonds is 5. The summed E-state index contributed by atoms with van der Waals surface area (Å²) in [5, 5.41) is 13.8. The molecule has 0 bridgehead atoms. The molecule has 0 unspecified atom stereocenters. The second-order valence-electron chi connectivity index (χ2n) is 4.04. The molecule has 0 aromatic heterocycles. The van der Waals surface area contributed by atoms with Crippen molar-refractivity contribution in [3.05, 3.63) is 58.4 Å². The van der Waals surface area contributed by atoms with Crippen molar-refractivity contribution in [1.82, 2.24) is 0 Å². The first-order chi connectivity index (χ1) is 9.60. The van der Waals surface area contributed by atoms with E-state index in [1.165, 1.54) is 24.3 Å². The summed E-state index contributed by atoms with van der Waals surface area (Å²) < 4.78 is 18.9. The minimum atomic E-state index is -0.524. The molecule has 0 amide bonds. The van der Waals surface area contributed by atoms with Crippen LogP contribution >= 0.6 is 0 Å². The van der Waals surface area contributed by atoms with Crippen molar-refractivity contribution in [2.24, 2.45) is 0 Å². The normalized spacial score (nSPS) is 10.1. The highest BCUT2D eigenvalue weighted by Crippen LogP contribution is 2.30. The molecule has 2 rings (SSSR count). The number of anilines is 1.